The Morgan fingerprint density at radius 3 is 2.59 bits per heavy atom. The van der Waals surface area contributed by atoms with Gasteiger partial charge in [0.2, 0.25) is 0 Å². The molecule has 0 aliphatic carbocycles. The van der Waals surface area contributed by atoms with Gasteiger partial charge in [-0.3, -0.25) is 0 Å². The molecule has 0 saturated carbocycles. The lowest BCUT2D eigenvalue weighted by Gasteiger charge is -2.29. The zero-order chi connectivity index (χ0) is 16.5. The smallest absolute Gasteiger partial charge is 0.410 e. The van der Waals surface area contributed by atoms with Crippen molar-refractivity contribution in [1.29, 1.82) is 0 Å². The minimum absolute atomic E-state index is 0.331. The zero-order valence-electron chi connectivity index (χ0n) is 13.4. The van der Waals surface area contributed by atoms with E-state index in [2.05, 4.69) is 0 Å². The number of ether oxygens (including phenoxy) is 1. The van der Waals surface area contributed by atoms with E-state index < -0.39 is 11.4 Å². The Morgan fingerprint density at radius 2 is 2.05 bits per heavy atom. The summed E-state index contributed by atoms with van der Waals surface area (Å²) in [5.41, 5.74) is 1.57. The number of phenolic OH excluding ortho intramolecular Hbond substituents is 1. The first-order chi connectivity index (χ1) is 10.2. The number of hydrogen-bond donors (Lipinski definition) is 1. The SMILES string of the molecule is Cc1cc(F)c(O)c(C2=CCN(C(=O)OC(C)(C)C)CC2)c1. The Bertz CT molecular complexity index is 617. The van der Waals surface area contributed by atoms with Gasteiger partial charge in [0.15, 0.2) is 11.6 Å². The summed E-state index contributed by atoms with van der Waals surface area (Å²) < 4.78 is 19.0. The Morgan fingerprint density at radius 1 is 1.36 bits per heavy atom. The van der Waals surface area contributed by atoms with Crippen LogP contribution in [0, 0.1) is 12.7 Å². The number of aromatic hydroxyl groups is 1. The third kappa shape index (κ3) is 3.78. The van der Waals surface area contributed by atoms with Crippen molar-refractivity contribution in [3.63, 3.8) is 0 Å². The van der Waals surface area contributed by atoms with Crippen LogP contribution in [0.15, 0.2) is 18.2 Å². The summed E-state index contributed by atoms with van der Waals surface area (Å²) in [6.07, 6.45) is 2.03. The number of carbonyl (C=O) groups is 1. The van der Waals surface area contributed by atoms with Gasteiger partial charge in [-0.05, 0) is 57.4 Å². The molecular weight excluding hydrogens is 285 g/mol. The second-order valence-corrected chi connectivity index (χ2v) is 6.55. The minimum atomic E-state index is -0.620. The largest absolute Gasteiger partial charge is 0.504 e. The average molecular weight is 307 g/mol. The highest BCUT2D eigenvalue weighted by Crippen LogP contribution is 2.32. The minimum Gasteiger partial charge on any atom is -0.504 e. The number of hydrogen-bond acceptors (Lipinski definition) is 3. The molecule has 1 amide bonds. The van der Waals surface area contributed by atoms with Gasteiger partial charge in [-0.15, -0.1) is 0 Å². The number of rotatable bonds is 1. The summed E-state index contributed by atoms with van der Waals surface area (Å²) in [7, 11) is 0. The van der Waals surface area contributed by atoms with Gasteiger partial charge in [0.25, 0.3) is 0 Å². The number of aryl methyl sites for hydroxylation is 1. The molecule has 0 unspecified atom stereocenters. The van der Waals surface area contributed by atoms with E-state index in [1.807, 2.05) is 26.8 Å². The molecule has 1 aromatic rings. The van der Waals surface area contributed by atoms with Crippen molar-refractivity contribution >= 4 is 11.7 Å². The number of halogens is 1. The van der Waals surface area contributed by atoms with Gasteiger partial charge in [0.05, 0.1) is 0 Å². The van der Waals surface area contributed by atoms with Crippen LogP contribution in [0.5, 0.6) is 5.75 Å². The molecule has 1 aromatic carbocycles. The number of amides is 1. The van der Waals surface area contributed by atoms with Crippen molar-refractivity contribution in [3.05, 3.63) is 35.2 Å². The van der Waals surface area contributed by atoms with Gasteiger partial charge < -0.3 is 14.7 Å². The molecular formula is C17H22FNO3. The zero-order valence-corrected chi connectivity index (χ0v) is 13.4. The molecule has 0 saturated heterocycles. The quantitative estimate of drug-likeness (QED) is 0.857. The molecule has 0 bridgehead atoms. The molecule has 2 rings (SSSR count). The molecule has 120 valence electrons. The van der Waals surface area contributed by atoms with Gasteiger partial charge in [-0.2, -0.15) is 0 Å². The van der Waals surface area contributed by atoms with E-state index in [9.17, 15) is 14.3 Å². The normalized spacial score (nSPS) is 15.5. The van der Waals surface area contributed by atoms with Crippen molar-refractivity contribution in [2.45, 2.75) is 39.7 Å². The molecule has 0 atom stereocenters. The Kier molecular flexibility index (Phi) is 4.44. The highest BCUT2D eigenvalue weighted by atomic mass is 19.1. The van der Waals surface area contributed by atoms with Crippen LogP contribution < -0.4 is 0 Å². The van der Waals surface area contributed by atoms with E-state index in [-0.39, 0.29) is 11.8 Å². The fourth-order valence-corrected chi connectivity index (χ4v) is 2.39. The van der Waals surface area contributed by atoms with Gasteiger partial charge in [0, 0.05) is 18.7 Å². The molecule has 1 N–H and O–H groups in total. The van der Waals surface area contributed by atoms with Crippen LogP contribution in [-0.2, 0) is 4.74 Å². The van der Waals surface area contributed by atoms with Crippen molar-refractivity contribution in [1.82, 2.24) is 4.90 Å². The van der Waals surface area contributed by atoms with Gasteiger partial charge in [-0.1, -0.05) is 6.08 Å². The lowest BCUT2D eigenvalue weighted by molar-refractivity contribution is 0.0270. The fourth-order valence-electron chi connectivity index (χ4n) is 2.39. The standard InChI is InChI=1S/C17H22FNO3/c1-11-9-13(15(20)14(18)10-11)12-5-7-19(8-6-12)16(21)22-17(2,3)4/h5,9-10,20H,6-8H2,1-4H3. The van der Waals surface area contributed by atoms with Crippen molar-refractivity contribution in [2.75, 3.05) is 13.1 Å². The summed E-state index contributed by atoms with van der Waals surface area (Å²) in [5, 5.41) is 9.88. The topological polar surface area (TPSA) is 49.8 Å². The first-order valence-corrected chi connectivity index (χ1v) is 7.34. The van der Waals surface area contributed by atoms with Crippen LogP contribution in [0.25, 0.3) is 5.57 Å². The van der Waals surface area contributed by atoms with Crippen LogP contribution in [0.3, 0.4) is 0 Å². The van der Waals surface area contributed by atoms with Crippen LogP contribution in [0.1, 0.15) is 38.3 Å². The number of benzene rings is 1. The van der Waals surface area contributed by atoms with E-state index in [4.69, 9.17) is 4.74 Å². The predicted octanol–water partition coefficient (Wildman–Crippen LogP) is 3.86. The fraction of sp³-hybridized carbons (Fsp3) is 0.471. The van der Waals surface area contributed by atoms with Crippen molar-refractivity contribution < 1.29 is 19.0 Å². The Hall–Kier alpha value is -2.04. The maximum Gasteiger partial charge on any atom is 0.410 e. The van der Waals surface area contributed by atoms with E-state index in [1.54, 1.807) is 17.9 Å². The molecule has 5 heteroatoms. The third-order valence-corrected chi connectivity index (χ3v) is 3.41. The summed E-state index contributed by atoms with van der Waals surface area (Å²) in [6.45, 7) is 8.12. The lowest BCUT2D eigenvalue weighted by atomic mass is 9.97. The molecule has 0 fully saturated rings. The Labute approximate surface area is 130 Å². The van der Waals surface area contributed by atoms with Crippen LogP contribution in [-0.4, -0.2) is 34.8 Å². The van der Waals surface area contributed by atoms with Crippen molar-refractivity contribution in [3.8, 4) is 5.75 Å². The molecule has 4 nitrogen and oxygen atoms in total. The molecule has 0 aromatic heterocycles. The summed E-state index contributed by atoms with van der Waals surface area (Å²) in [4.78, 5) is 13.6. The number of carbonyl (C=O) groups excluding carboxylic acids is 1. The molecule has 1 heterocycles. The molecule has 0 radical (unpaired) electrons. The molecule has 1 aliphatic rings. The highest BCUT2D eigenvalue weighted by molar-refractivity contribution is 5.75. The third-order valence-electron chi connectivity index (χ3n) is 3.41. The summed E-state index contributed by atoms with van der Waals surface area (Å²) >= 11 is 0. The van der Waals surface area contributed by atoms with Crippen LogP contribution in [0.2, 0.25) is 0 Å². The average Bonchev–Trinajstić information content (AvgIpc) is 2.41. The number of phenols is 1. The highest BCUT2D eigenvalue weighted by Gasteiger charge is 2.24. The van der Waals surface area contributed by atoms with Crippen molar-refractivity contribution in [2.24, 2.45) is 0 Å². The monoisotopic (exact) mass is 307 g/mol. The second-order valence-electron chi connectivity index (χ2n) is 6.55. The molecule has 1 aliphatic heterocycles. The van der Waals surface area contributed by atoms with E-state index in [0.29, 0.717) is 25.1 Å². The molecule has 0 spiro atoms. The second kappa shape index (κ2) is 5.99. The summed E-state index contributed by atoms with van der Waals surface area (Å²) in [6, 6.07) is 3.06. The number of nitrogens with zero attached hydrogens (tertiary/aromatic N) is 1. The lowest BCUT2D eigenvalue weighted by Crippen LogP contribution is -2.39. The first-order valence-electron chi connectivity index (χ1n) is 7.34. The van der Waals surface area contributed by atoms with Crippen LogP contribution in [0.4, 0.5) is 9.18 Å². The Balaban J connectivity index is 2.14. The summed E-state index contributed by atoms with van der Waals surface area (Å²) in [5.74, 6) is -0.951. The van der Waals surface area contributed by atoms with Gasteiger partial charge >= 0.3 is 6.09 Å². The maximum atomic E-state index is 13.6. The van der Waals surface area contributed by atoms with E-state index in [0.717, 1.165) is 11.1 Å². The van der Waals surface area contributed by atoms with Gasteiger partial charge in [0.1, 0.15) is 5.60 Å². The van der Waals surface area contributed by atoms with E-state index >= 15 is 0 Å². The van der Waals surface area contributed by atoms with E-state index in [1.165, 1.54) is 6.07 Å². The molecule has 22 heavy (non-hydrogen) atoms. The first kappa shape index (κ1) is 16.3. The predicted molar refractivity (Wildman–Crippen MR) is 83.2 cm³/mol. The maximum absolute atomic E-state index is 13.6. The van der Waals surface area contributed by atoms with Crippen LogP contribution >= 0.6 is 0 Å². The van der Waals surface area contributed by atoms with Gasteiger partial charge in [-0.25, -0.2) is 9.18 Å².